The van der Waals surface area contributed by atoms with Gasteiger partial charge >= 0.3 is 0 Å². The largest absolute Gasteiger partial charge is 0.352 e. The number of hydrogen-bond donors (Lipinski definition) is 2. The first kappa shape index (κ1) is 22.5. The maximum atomic E-state index is 13.1. The van der Waals surface area contributed by atoms with Gasteiger partial charge in [0.1, 0.15) is 11.7 Å². The Morgan fingerprint density at radius 3 is 2.65 bits per heavy atom. The maximum absolute atomic E-state index is 13.1. The van der Waals surface area contributed by atoms with Gasteiger partial charge in [0.2, 0.25) is 5.91 Å². The Bertz CT molecular complexity index is 968. The molecule has 8 nitrogen and oxygen atoms in total. The number of carbonyl (C=O) groups excluding carboxylic acids is 3. The van der Waals surface area contributed by atoms with Crippen LogP contribution >= 0.6 is 0 Å². The summed E-state index contributed by atoms with van der Waals surface area (Å²) in [5.41, 5.74) is 2.76. The highest BCUT2D eigenvalue weighted by Crippen LogP contribution is 2.17. The summed E-state index contributed by atoms with van der Waals surface area (Å²) >= 11 is 0. The second-order valence-electron chi connectivity index (χ2n) is 8.22. The van der Waals surface area contributed by atoms with Crippen molar-refractivity contribution >= 4 is 17.7 Å². The third-order valence-corrected chi connectivity index (χ3v) is 5.51. The number of carbonyl (C=O) groups is 3. The fourth-order valence-electron chi connectivity index (χ4n) is 3.53. The first-order valence-corrected chi connectivity index (χ1v) is 10.8. The average molecular weight is 426 g/mol. The molecule has 166 valence electrons. The fourth-order valence-corrected chi connectivity index (χ4v) is 3.53. The Balaban J connectivity index is 1.70. The van der Waals surface area contributed by atoms with Crippen LogP contribution in [0.5, 0.6) is 0 Å². The summed E-state index contributed by atoms with van der Waals surface area (Å²) in [4.78, 5) is 39.7. The Hall–Kier alpha value is -3.16. The SMILES string of the molecule is CC[C@@H](C)NC(=O)[C@H](C)NC(=O)c1cc2n(n1)CCCN(Cc1cccc(C)c1)C2=O. The van der Waals surface area contributed by atoms with Gasteiger partial charge in [-0.05, 0) is 39.2 Å². The van der Waals surface area contributed by atoms with Crippen molar-refractivity contribution in [1.82, 2.24) is 25.3 Å². The smallest absolute Gasteiger partial charge is 0.272 e. The van der Waals surface area contributed by atoms with Gasteiger partial charge in [-0.2, -0.15) is 5.10 Å². The molecule has 8 heteroatoms. The third-order valence-electron chi connectivity index (χ3n) is 5.51. The maximum Gasteiger partial charge on any atom is 0.272 e. The zero-order valence-electron chi connectivity index (χ0n) is 18.6. The number of hydrogen-bond acceptors (Lipinski definition) is 4. The van der Waals surface area contributed by atoms with E-state index in [1.165, 1.54) is 6.07 Å². The summed E-state index contributed by atoms with van der Waals surface area (Å²) in [7, 11) is 0. The molecule has 0 saturated carbocycles. The molecule has 0 radical (unpaired) electrons. The van der Waals surface area contributed by atoms with E-state index in [0.29, 0.717) is 25.3 Å². The number of nitrogens with zero attached hydrogens (tertiary/aromatic N) is 3. The third kappa shape index (κ3) is 5.51. The van der Waals surface area contributed by atoms with E-state index in [1.54, 1.807) is 16.5 Å². The summed E-state index contributed by atoms with van der Waals surface area (Å²) < 4.78 is 1.59. The van der Waals surface area contributed by atoms with Gasteiger partial charge in [-0.3, -0.25) is 19.1 Å². The van der Waals surface area contributed by atoms with Crippen molar-refractivity contribution in [2.75, 3.05) is 6.54 Å². The molecule has 2 aromatic rings. The van der Waals surface area contributed by atoms with Crippen LogP contribution in [0, 0.1) is 6.92 Å². The normalized spacial score (nSPS) is 15.6. The topological polar surface area (TPSA) is 96.3 Å². The van der Waals surface area contributed by atoms with Gasteiger partial charge in [-0.15, -0.1) is 0 Å². The summed E-state index contributed by atoms with van der Waals surface area (Å²) in [6.45, 7) is 9.25. The molecule has 1 aliphatic rings. The van der Waals surface area contributed by atoms with Gasteiger partial charge in [0, 0.05) is 31.7 Å². The first-order chi connectivity index (χ1) is 14.8. The van der Waals surface area contributed by atoms with Gasteiger partial charge in [-0.25, -0.2) is 0 Å². The van der Waals surface area contributed by atoms with E-state index in [1.807, 2.05) is 39.0 Å². The molecule has 0 unspecified atom stereocenters. The molecule has 3 amide bonds. The quantitative estimate of drug-likeness (QED) is 0.711. The second-order valence-corrected chi connectivity index (χ2v) is 8.22. The lowest BCUT2D eigenvalue weighted by Crippen LogP contribution is -2.47. The molecule has 0 saturated heterocycles. The zero-order chi connectivity index (χ0) is 22.5. The molecule has 0 fully saturated rings. The minimum atomic E-state index is -0.698. The van der Waals surface area contributed by atoms with Gasteiger partial charge in [-0.1, -0.05) is 36.8 Å². The summed E-state index contributed by atoms with van der Waals surface area (Å²) in [5.74, 6) is -0.859. The van der Waals surface area contributed by atoms with Crippen LogP contribution in [0.1, 0.15) is 65.7 Å². The Kier molecular flexibility index (Phi) is 7.09. The predicted molar refractivity (Wildman–Crippen MR) is 118 cm³/mol. The predicted octanol–water partition coefficient (Wildman–Crippen LogP) is 2.27. The van der Waals surface area contributed by atoms with Gasteiger partial charge in [0.15, 0.2) is 5.69 Å². The van der Waals surface area contributed by atoms with E-state index >= 15 is 0 Å². The molecule has 3 rings (SSSR count). The van der Waals surface area contributed by atoms with Crippen molar-refractivity contribution in [3.05, 3.63) is 52.8 Å². The van der Waals surface area contributed by atoms with E-state index in [-0.39, 0.29) is 23.6 Å². The minimum Gasteiger partial charge on any atom is -0.352 e. The zero-order valence-corrected chi connectivity index (χ0v) is 18.6. The summed E-state index contributed by atoms with van der Waals surface area (Å²) in [6, 6.07) is 8.94. The molecule has 1 aromatic heterocycles. The number of rotatable bonds is 7. The van der Waals surface area contributed by atoms with Gasteiger partial charge < -0.3 is 15.5 Å². The highest BCUT2D eigenvalue weighted by Gasteiger charge is 2.27. The highest BCUT2D eigenvalue weighted by molar-refractivity contribution is 5.99. The number of aryl methyl sites for hydroxylation is 2. The number of nitrogens with one attached hydrogen (secondary N) is 2. The highest BCUT2D eigenvalue weighted by atomic mass is 16.2. The monoisotopic (exact) mass is 425 g/mol. The molecular formula is C23H31N5O3. The Labute approximate surface area is 183 Å². The molecule has 2 N–H and O–H groups in total. The van der Waals surface area contributed by atoms with E-state index in [0.717, 1.165) is 24.0 Å². The second kappa shape index (κ2) is 9.76. The number of aromatic nitrogens is 2. The van der Waals surface area contributed by atoms with Crippen LogP contribution in [0.3, 0.4) is 0 Å². The summed E-state index contributed by atoms with van der Waals surface area (Å²) in [5, 5.41) is 9.85. The van der Waals surface area contributed by atoms with Crippen LogP contribution in [0.2, 0.25) is 0 Å². The first-order valence-electron chi connectivity index (χ1n) is 10.8. The molecule has 31 heavy (non-hydrogen) atoms. The standard InChI is InChI=1S/C23H31N5O3/c1-5-16(3)24-21(29)17(4)25-22(30)19-13-20-23(31)27(10-7-11-28(20)26-19)14-18-9-6-8-15(2)12-18/h6,8-9,12-13,16-17H,5,7,10-11,14H2,1-4H3,(H,24,29)(H,25,30)/t16-,17+/m1/s1. The summed E-state index contributed by atoms with van der Waals surface area (Å²) in [6.07, 6.45) is 1.56. The lowest BCUT2D eigenvalue weighted by molar-refractivity contribution is -0.123. The van der Waals surface area contributed by atoms with E-state index < -0.39 is 11.9 Å². The molecule has 0 aliphatic carbocycles. The van der Waals surface area contributed by atoms with Crippen LogP contribution in [0.25, 0.3) is 0 Å². The lowest BCUT2D eigenvalue weighted by atomic mass is 10.1. The number of fused-ring (bicyclic) bond motifs is 1. The van der Waals surface area contributed by atoms with Crippen molar-refractivity contribution < 1.29 is 14.4 Å². The van der Waals surface area contributed by atoms with Crippen LogP contribution in [0.4, 0.5) is 0 Å². The molecule has 1 aromatic carbocycles. The lowest BCUT2D eigenvalue weighted by Gasteiger charge is -2.20. The Morgan fingerprint density at radius 1 is 1.16 bits per heavy atom. The van der Waals surface area contributed by atoms with Crippen LogP contribution < -0.4 is 10.6 Å². The van der Waals surface area contributed by atoms with E-state index in [9.17, 15) is 14.4 Å². The van der Waals surface area contributed by atoms with E-state index in [4.69, 9.17) is 0 Å². The molecule has 2 heterocycles. The van der Waals surface area contributed by atoms with Crippen molar-refractivity contribution in [3.63, 3.8) is 0 Å². The number of amides is 3. The molecular weight excluding hydrogens is 394 g/mol. The average Bonchev–Trinajstić information content (AvgIpc) is 3.11. The molecule has 2 atom stereocenters. The van der Waals surface area contributed by atoms with E-state index in [2.05, 4.69) is 21.8 Å². The molecule has 1 aliphatic heterocycles. The van der Waals surface area contributed by atoms with Gasteiger partial charge in [0.05, 0.1) is 0 Å². The van der Waals surface area contributed by atoms with Crippen molar-refractivity contribution in [2.45, 2.75) is 65.7 Å². The molecule has 0 spiro atoms. The fraction of sp³-hybridized carbons (Fsp3) is 0.478. The minimum absolute atomic E-state index is 0.0347. The van der Waals surface area contributed by atoms with Crippen LogP contribution in [-0.2, 0) is 17.9 Å². The van der Waals surface area contributed by atoms with Gasteiger partial charge in [0.25, 0.3) is 11.8 Å². The number of benzene rings is 1. The molecule has 0 bridgehead atoms. The van der Waals surface area contributed by atoms with Crippen molar-refractivity contribution in [2.24, 2.45) is 0 Å². The van der Waals surface area contributed by atoms with Crippen molar-refractivity contribution in [3.8, 4) is 0 Å². The van der Waals surface area contributed by atoms with Crippen LogP contribution in [0.15, 0.2) is 30.3 Å². The van der Waals surface area contributed by atoms with Crippen molar-refractivity contribution in [1.29, 1.82) is 0 Å². The Morgan fingerprint density at radius 2 is 1.94 bits per heavy atom. The van der Waals surface area contributed by atoms with Crippen LogP contribution in [-0.4, -0.2) is 51.0 Å².